The predicted molar refractivity (Wildman–Crippen MR) is 57.9 cm³/mol. The molecule has 0 radical (unpaired) electrons. The second-order valence-corrected chi connectivity index (χ2v) is 3.02. The van der Waals surface area contributed by atoms with Gasteiger partial charge in [-0.3, -0.25) is 10.2 Å². The Morgan fingerprint density at radius 3 is 2.73 bits per heavy atom. The molecular weight excluding hydrogens is 192 g/mol. The Kier molecular flexibility index (Phi) is 5.43. The predicted octanol–water partition coefficient (Wildman–Crippen LogP) is 0.844. The first-order valence-electron chi connectivity index (χ1n) is 4.96. The van der Waals surface area contributed by atoms with E-state index in [1.165, 1.54) is 0 Å². The van der Waals surface area contributed by atoms with Gasteiger partial charge in [-0.1, -0.05) is 30.3 Å². The van der Waals surface area contributed by atoms with Gasteiger partial charge in [0.05, 0.1) is 0 Å². The van der Waals surface area contributed by atoms with Crippen molar-refractivity contribution in [3.8, 4) is 0 Å². The number of hydrogen-bond donors (Lipinski definition) is 2. The highest BCUT2D eigenvalue weighted by atomic mass is 16.5. The van der Waals surface area contributed by atoms with Gasteiger partial charge in [-0.05, 0) is 12.5 Å². The van der Waals surface area contributed by atoms with Crippen LogP contribution >= 0.6 is 0 Å². The van der Waals surface area contributed by atoms with Gasteiger partial charge in [0.2, 0.25) is 0 Å². The summed E-state index contributed by atoms with van der Waals surface area (Å²) in [6.45, 7) is 3.10. The van der Waals surface area contributed by atoms with Crippen LogP contribution in [0.3, 0.4) is 0 Å². The summed E-state index contributed by atoms with van der Waals surface area (Å²) in [5.41, 5.74) is 6.50. The molecule has 0 aliphatic heterocycles. The van der Waals surface area contributed by atoms with Gasteiger partial charge in [-0.2, -0.15) is 0 Å². The van der Waals surface area contributed by atoms with Crippen molar-refractivity contribution in [2.45, 2.75) is 13.5 Å². The van der Waals surface area contributed by atoms with Crippen molar-refractivity contribution in [1.29, 1.82) is 0 Å². The third-order valence-corrected chi connectivity index (χ3v) is 1.80. The highest BCUT2D eigenvalue weighted by Crippen LogP contribution is 1.95. The zero-order chi connectivity index (χ0) is 10.9. The number of carbonyl (C=O) groups excluding carboxylic acids is 1. The summed E-state index contributed by atoms with van der Waals surface area (Å²) >= 11 is 0. The fourth-order valence-corrected chi connectivity index (χ4v) is 1.07. The van der Waals surface area contributed by atoms with Gasteiger partial charge in [-0.15, -0.1) is 0 Å². The molecule has 0 saturated carbocycles. The van der Waals surface area contributed by atoms with E-state index in [4.69, 9.17) is 4.74 Å². The van der Waals surface area contributed by atoms with E-state index in [1.807, 2.05) is 37.3 Å². The third kappa shape index (κ3) is 5.15. The fourth-order valence-electron chi connectivity index (χ4n) is 1.07. The summed E-state index contributed by atoms with van der Waals surface area (Å²) in [5.74, 6) is -0.159. The SMILES string of the molecule is CCOCC(=O)NNCc1ccccc1. The van der Waals surface area contributed by atoms with Crippen LogP contribution in [0.2, 0.25) is 0 Å². The Balaban J connectivity index is 2.14. The lowest BCUT2D eigenvalue weighted by atomic mass is 10.2. The van der Waals surface area contributed by atoms with Crippen molar-refractivity contribution < 1.29 is 9.53 Å². The average molecular weight is 208 g/mol. The second kappa shape index (κ2) is 6.98. The van der Waals surface area contributed by atoms with E-state index in [2.05, 4.69) is 10.9 Å². The van der Waals surface area contributed by atoms with E-state index < -0.39 is 0 Å². The van der Waals surface area contributed by atoms with Crippen LogP contribution in [0.15, 0.2) is 30.3 Å². The quantitative estimate of drug-likeness (QED) is 0.681. The van der Waals surface area contributed by atoms with E-state index in [0.717, 1.165) is 5.56 Å². The Labute approximate surface area is 89.6 Å². The second-order valence-electron chi connectivity index (χ2n) is 3.02. The molecule has 0 aliphatic rings. The number of carbonyl (C=O) groups is 1. The first-order valence-corrected chi connectivity index (χ1v) is 4.96. The molecule has 82 valence electrons. The first kappa shape index (κ1) is 11.7. The van der Waals surface area contributed by atoms with Crippen molar-refractivity contribution >= 4 is 5.91 Å². The molecule has 1 rings (SSSR count). The monoisotopic (exact) mass is 208 g/mol. The molecule has 2 N–H and O–H groups in total. The molecule has 0 unspecified atom stereocenters. The van der Waals surface area contributed by atoms with Crippen LogP contribution in [0.5, 0.6) is 0 Å². The molecule has 15 heavy (non-hydrogen) atoms. The Morgan fingerprint density at radius 2 is 2.07 bits per heavy atom. The maximum Gasteiger partial charge on any atom is 0.260 e. The topological polar surface area (TPSA) is 50.4 Å². The van der Waals surface area contributed by atoms with Crippen molar-refractivity contribution in [3.63, 3.8) is 0 Å². The molecule has 1 aromatic carbocycles. The minimum absolute atomic E-state index is 0.0955. The lowest BCUT2D eigenvalue weighted by Gasteiger charge is -2.06. The summed E-state index contributed by atoms with van der Waals surface area (Å²) in [6.07, 6.45) is 0. The van der Waals surface area contributed by atoms with Crippen LogP contribution in [-0.4, -0.2) is 19.1 Å². The minimum Gasteiger partial charge on any atom is -0.372 e. The molecule has 0 fully saturated rings. The lowest BCUT2D eigenvalue weighted by molar-refractivity contribution is -0.126. The Bertz CT molecular complexity index is 288. The highest BCUT2D eigenvalue weighted by Gasteiger charge is 1.98. The number of ether oxygens (including phenoxy) is 1. The molecule has 0 atom stereocenters. The van der Waals surface area contributed by atoms with E-state index >= 15 is 0 Å². The van der Waals surface area contributed by atoms with E-state index in [1.54, 1.807) is 0 Å². The third-order valence-electron chi connectivity index (χ3n) is 1.80. The zero-order valence-corrected chi connectivity index (χ0v) is 8.82. The van der Waals surface area contributed by atoms with Crippen LogP contribution in [-0.2, 0) is 16.1 Å². The van der Waals surface area contributed by atoms with Crippen LogP contribution in [0.4, 0.5) is 0 Å². The van der Waals surface area contributed by atoms with Crippen LogP contribution in [0.25, 0.3) is 0 Å². The standard InChI is InChI=1S/C11H16N2O2/c1-2-15-9-11(14)13-12-8-10-6-4-3-5-7-10/h3-7,12H,2,8-9H2,1H3,(H,13,14). The van der Waals surface area contributed by atoms with Crippen LogP contribution < -0.4 is 10.9 Å². The van der Waals surface area contributed by atoms with E-state index in [-0.39, 0.29) is 12.5 Å². The average Bonchev–Trinajstić information content (AvgIpc) is 2.28. The van der Waals surface area contributed by atoms with E-state index in [9.17, 15) is 4.79 Å². The molecular formula is C11H16N2O2. The summed E-state index contributed by atoms with van der Waals surface area (Å²) in [6, 6.07) is 9.85. The number of nitrogens with one attached hydrogen (secondary N) is 2. The Hall–Kier alpha value is -1.39. The fraction of sp³-hybridized carbons (Fsp3) is 0.364. The highest BCUT2D eigenvalue weighted by molar-refractivity contribution is 5.76. The molecule has 1 amide bonds. The molecule has 4 nitrogen and oxygen atoms in total. The Morgan fingerprint density at radius 1 is 1.33 bits per heavy atom. The van der Waals surface area contributed by atoms with Gasteiger partial charge >= 0.3 is 0 Å². The number of amides is 1. The van der Waals surface area contributed by atoms with Crippen molar-refractivity contribution in [2.24, 2.45) is 0 Å². The largest absolute Gasteiger partial charge is 0.372 e. The van der Waals surface area contributed by atoms with Gasteiger partial charge < -0.3 is 4.74 Å². The summed E-state index contributed by atoms with van der Waals surface area (Å²) in [4.78, 5) is 11.1. The van der Waals surface area contributed by atoms with Crippen molar-refractivity contribution in [2.75, 3.05) is 13.2 Å². The summed E-state index contributed by atoms with van der Waals surface area (Å²) in [7, 11) is 0. The molecule has 0 spiro atoms. The summed E-state index contributed by atoms with van der Waals surface area (Å²) in [5, 5.41) is 0. The molecule has 0 bridgehead atoms. The van der Waals surface area contributed by atoms with Crippen molar-refractivity contribution in [1.82, 2.24) is 10.9 Å². The van der Waals surface area contributed by atoms with Gasteiger partial charge in [0.25, 0.3) is 5.91 Å². The minimum atomic E-state index is -0.159. The zero-order valence-electron chi connectivity index (χ0n) is 8.82. The number of benzene rings is 1. The molecule has 0 aliphatic carbocycles. The number of rotatable bonds is 6. The lowest BCUT2D eigenvalue weighted by Crippen LogP contribution is -2.39. The molecule has 0 aromatic heterocycles. The van der Waals surface area contributed by atoms with Gasteiger partial charge in [0.15, 0.2) is 0 Å². The smallest absolute Gasteiger partial charge is 0.260 e. The van der Waals surface area contributed by atoms with E-state index in [0.29, 0.717) is 13.2 Å². The van der Waals surface area contributed by atoms with Crippen molar-refractivity contribution in [3.05, 3.63) is 35.9 Å². The number of hydrogen-bond acceptors (Lipinski definition) is 3. The van der Waals surface area contributed by atoms with Crippen LogP contribution in [0.1, 0.15) is 12.5 Å². The summed E-state index contributed by atoms with van der Waals surface area (Å²) < 4.78 is 4.95. The molecule has 4 heteroatoms. The normalized spacial score (nSPS) is 9.93. The van der Waals surface area contributed by atoms with Gasteiger partial charge in [0, 0.05) is 13.2 Å². The first-order chi connectivity index (χ1) is 7.33. The van der Waals surface area contributed by atoms with Gasteiger partial charge in [-0.25, -0.2) is 5.43 Å². The number of hydrazine groups is 1. The van der Waals surface area contributed by atoms with Crippen LogP contribution in [0, 0.1) is 0 Å². The maximum absolute atomic E-state index is 11.1. The maximum atomic E-state index is 11.1. The molecule has 0 saturated heterocycles. The molecule has 0 heterocycles. The molecule has 1 aromatic rings. The van der Waals surface area contributed by atoms with Gasteiger partial charge in [0.1, 0.15) is 6.61 Å².